The highest BCUT2D eigenvalue weighted by molar-refractivity contribution is 6.29. The number of carbonyl (C=O) groups excluding carboxylic acids is 1. The molecule has 182 valence electrons. The van der Waals surface area contributed by atoms with Crippen molar-refractivity contribution in [2.75, 3.05) is 6.61 Å². The van der Waals surface area contributed by atoms with E-state index in [9.17, 15) is 19.8 Å². The van der Waals surface area contributed by atoms with Gasteiger partial charge >= 0.3 is 5.97 Å². The second-order valence-corrected chi connectivity index (χ2v) is 10.3. The van der Waals surface area contributed by atoms with Crippen LogP contribution in [0.3, 0.4) is 0 Å². The first-order chi connectivity index (χ1) is 16.1. The van der Waals surface area contributed by atoms with Crippen molar-refractivity contribution >= 4 is 23.4 Å². The molecule has 0 atom stereocenters. The number of nitrogens with zero attached hydrogens (tertiary/aromatic N) is 2. The minimum Gasteiger partial charge on any atom is -0.481 e. The number of benzene rings is 1. The lowest BCUT2D eigenvalue weighted by atomic mass is 9.79. The van der Waals surface area contributed by atoms with Crippen LogP contribution in [0.25, 0.3) is 0 Å². The Morgan fingerprint density at radius 3 is 2.41 bits per heavy atom. The van der Waals surface area contributed by atoms with Crippen LogP contribution in [0.2, 0.25) is 5.28 Å². The molecular formula is C27H33ClN2O4. The van der Waals surface area contributed by atoms with E-state index in [4.69, 9.17) is 11.6 Å². The highest BCUT2D eigenvalue weighted by atomic mass is 35.5. The lowest BCUT2D eigenvalue weighted by molar-refractivity contribution is -0.143. The first-order valence-corrected chi connectivity index (χ1v) is 12.2. The summed E-state index contributed by atoms with van der Waals surface area (Å²) in [5.41, 5.74) is 2.24. The lowest BCUT2D eigenvalue weighted by Gasteiger charge is -2.25. The van der Waals surface area contributed by atoms with Crippen molar-refractivity contribution in [2.24, 2.45) is 17.3 Å². The van der Waals surface area contributed by atoms with Crippen molar-refractivity contribution < 1.29 is 19.8 Å². The number of carboxylic acid groups (broad SMARTS) is 1. The molecule has 1 fully saturated rings. The third kappa shape index (κ3) is 6.71. The normalized spacial score (nSPS) is 18.3. The Morgan fingerprint density at radius 2 is 1.82 bits per heavy atom. The number of ketones is 1. The third-order valence-corrected chi connectivity index (χ3v) is 6.83. The van der Waals surface area contributed by atoms with Gasteiger partial charge in [-0.3, -0.25) is 9.59 Å². The Bertz CT molecular complexity index is 1080. The number of aliphatic carboxylic acids is 1. The summed E-state index contributed by atoms with van der Waals surface area (Å²) < 4.78 is 1.71. The summed E-state index contributed by atoms with van der Waals surface area (Å²) in [6, 6.07) is 8.03. The number of hydrogen-bond donors (Lipinski definition) is 2. The molecule has 1 aliphatic carbocycles. The molecule has 2 N–H and O–H groups in total. The highest BCUT2D eigenvalue weighted by Gasteiger charge is 2.28. The van der Waals surface area contributed by atoms with E-state index in [0.717, 1.165) is 24.0 Å². The number of aromatic nitrogens is 2. The number of carbonyl (C=O) groups is 2. The minimum absolute atomic E-state index is 0.0713. The lowest BCUT2D eigenvalue weighted by Crippen LogP contribution is -2.22. The minimum atomic E-state index is -0.724. The summed E-state index contributed by atoms with van der Waals surface area (Å²) in [5, 5.41) is 19.0. The number of halogens is 1. The maximum Gasteiger partial charge on any atom is 0.306 e. The molecule has 3 rings (SSSR count). The van der Waals surface area contributed by atoms with Crippen molar-refractivity contribution in [2.45, 2.75) is 65.8 Å². The molecule has 0 saturated heterocycles. The Hall–Kier alpha value is -2.62. The quantitative estimate of drug-likeness (QED) is 0.401. The zero-order chi connectivity index (χ0) is 24.9. The van der Waals surface area contributed by atoms with Crippen molar-refractivity contribution in [3.8, 4) is 11.8 Å². The second-order valence-electron chi connectivity index (χ2n) is 9.96. The van der Waals surface area contributed by atoms with E-state index < -0.39 is 11.4 Å². The van der Waals surface area contributed by atoms with E-state index in [0.29, 0.717) is 49.5 Å². The molecule has 0 radical (unpaired) electrons. The summed E-state index contributed by atoms with van der Waals surface area (Å²) in [7, 11) is 0. The summed E-state index contributed by atoms with van der Waals surface area (Å²) in [6.07, 6.45) is 4.01. The van der Waals surface area contributed by atoms with Gasteiger partial charge < -0.3 is 14.8 Å². The Kier molecular flexibility index (Phi) is 8.57. The molecule has 1 saturated carbocycles. The maximum atomic E-state index is 13.4. The van der Waals surface area contributed by atoms with Crippen LogP contribution >= 0.6 is 11.6 Å². The van der Waals surface area contributed by atoms with Gasteiger partial charge in [-0.2, -0.15) is 0 Å². The standard InChI is InChI=1S/C27H33ClN2O4/c1-18-4-6-20(7-5-18)16-30-24(22(29-26(30)28)14-15-27(2,3)17-31)23(32)13-10-19-8-11-21(12-9-19)25(33)34/h4-7,19,21,31H,8-13,16-17H2,1-3H3,(H,33,34). The second kappa shape index (κ2) is 11.2. The van der Waals surface area contributed by atoms with Gasteiger partial charge in [0.1, 0.15) is 11.4 Å². The Morgan fingerprint density at radius 1 is 1.18 bits per heavy atom. The van der Waals surface area contributed by atoms with Crippen LogP contribution in [-0.4, -0.2) is 38.1 Å². The van der Waals surface area contributed by atoms with Crippen LogP contribution in [0.15, 0.2) is 24.3 Å². The highest BCUT2D eigenvalue weighted by Crippen LogP contribution is 2.32. The predicted octanol–water partition coefficient (Wildman–Crippen LogP) is 5.12. The van der Waals surface area contributed by atoms with Gasteiger partial charge in [-0.25, -0.2) is 4.98 Å². The molecule has 2 aromatic rings. The molecule has 6 nitrogen and oxygen atoms in total. The molecule has 34 heavy (non-hydrogen) atoms. The molecule has 0 amide bonds. The van der Waals surface area contributed by atoms with E-state index in [1.54, 1.807) is 4.57 Å². The first kappa shape index (κ1) is 26.0. The summed E-state index contributed by atoms with van der Waals surface area (Å²) in [5.74, 6) is 5.27. The number of aliphatic hydroxyl groups excluding tert-OH is 1. The molecule has 0 bridgehead atoms. The number of carboxylic acids is 1. The monoisotopic (exact) mass is 484 g/mol. The number of aliphatic hydroxyl groups is 1. The van der Waals surface area contributed by atoms with E-state index in [1.807, 2.05) is 45.0 Å². The number of imidazole rings is 1. The van der Waals surface area contributed by atoms with E-state index >= 15 is 0 Å². The summed E-state index contributed by atoms with van der Waals surface area (Å²) in [6.45, 7) is 5.95. The van der Waals surface area contributed by atoms with Crippen LogP contribution in [0.4, 0.5) is 0 Å². The number of Topliss-reactive ketones (excluding diaryl/α,β-unsaturated/α-hetero) is 1. The summed E-state index contributed by atoms with van der Waals surface area (Å²) in [4.78, 5) is 29.0. The van der Waals surface area contributed by atoms with Gasteiger partial charge in [-0.1, -0.05) is 35.7 Å². The van der Waals surface area contributed by atoms with Crippen LogP contribution < -0.4 is 0 Å². The van der Waals surface area contributed by atoms with E-state index in [1.165, 1.54) is 0 Å². The molecule has 1 heterocycles. The number of rotatable bonds is 8. The van der Waals surface area contributed by atoms with E-state index in [2.05, 4.69) is 16.8 Å². The van der Waals surface area contributed by atoms with Crippen LogP contribution in [0.1, 0.15) is 79.7 Å². The topological polar surface area (TPSA) is 92.4 Å². The zero-order valence-electron chi connectivity index (χ0n) is 20.1. The van der Waals surface area contributed by atoms with Crippen molar-refractivity contribution in [3.05, 3.63) is 52.1 Å². The van der Waals surface area contributed by atoms with Crippen molar-refractivity contribution in [1.29, 1.82) is 0 Å². The Balaban J connectivity index is 1.83. The van der Waals surface area contributed by atoms with Crippen LogP contribution in [0, 0.1) is 36.0 Å². The average molecular weight is 485 g/mol. The van der Waals surface area contributed by atoms with Gasteiger partial charge in [0.2, 0.25) is 5.28 Å². The fourth-order valence-corrected chi connectivity index (χ4v) is 4.46. The number of hydrogen-bond acceptors (Lipinski definition) is 4. The molecule has 1 aliphatic rings. The van der Waals surface area contributed by atoms with Crippen LogP contribution in [0.5, 0.6) is 0 Å². The fourth-order valence-electron chi connectivity index (χ4n) is 4.24. The SMILES string of the molecule is Cc1ccc(Cn2c(Cl)nc(C#CC(C)(C)CO)c2C(=O)CCC2CCC(C(=O)O)CC2)cc1. The predicted molar refractivity (Wildman–Crippen MR) is 132 cm³/mol. The van der Waals surface area contributed by atoms with Gasteiger partial charge in [-0.15, -0.1) is 0 Å². The van der Waals surface area contributed by atoms with Gasteiger partial charge in [0.15, 0.2) is 5.78 Å². The molecule has 0 spiro atoms. The van der Waals surface area contributed by atoms with Crippen LogP contribution in [-0.2, 0) is 11.3 Å². The van der Waals surface area contributed by atoms with Crippen molar-refractivity contribution in [3.63, 3.8) is 0 Å². The average Bonchev–Trinajstić information content (AvgIpc) is 3.13. The Labute approximate surface area is 206 Å². The molecule has 1 aromatic heterocycles. The largest absolute Gasteiger partial charge is 0.481 e. The summed E-state index contributed by atoms with van der Waals surface area (Å²) >= 11 is 6.48. The fraction of sp³-hybridized carbons (Fsp3) is 0.519. The first-order valence-electron chi connectivity index (χ1n) is 11.8. The zero-order valence-corrected chi connectivity index (χ0v) is 20.9. The van der Waals surface area contributed by atoms with Gasteiger partial charge in [-0.05, 0) is 81.9 Å². The molecule has 1 aromatic carbocycles. The smallest absolute Gasteiger partial charge is 0.306 e. The molecule has 0 unspecified atom stereocenters. The van der Waals surface area contributed by atoms with Crippen molar-refractivity contribution in [1.82, 2.24) is 9.55 Å². The van der Waals surface area contributed by atoms with E-state index in [-0.39, 0.29) is 23.6 Å². The maximum absolute atomic E-state index is 13.4. The molecule has 0 aliphatic heterocycles. The van der Waals surface area contributed by atoms with Gasteiger partial charge in [0.05, 0.1) is 19.1 Å². The third-order valence-electron chi connectivity index (χ3n) is 6.54. The van der Waals surface area contributed by atoms with Gasteiger partial charge in [0.25, 0.3) is 0 Å². The molecular weight excluding hydrogens is 452 g/mol. The number of aryl methyl sites for hydroxylation is 1. The molecule has 7 heteroatoms. The van der Waals surface area contributed by atoms with Gasteiger partial charge in [0, 0.05) is 11.8 Å².